The summed E-state index contributed by atoms with van der Waals surface area (Å²) in [5.74, 6) is 0.690. The molecule has 2 unspecified atom stereocenters. The van der Waals surface area contributed by atoms with Gasteiger partial charge in [0.05, 0.1) is 18.4 Å². The lowest BCUT2D eigenvalue weighted by Crippen LogP contribution is -2.41. The van der Waals surface area contributed by atoms with E-state index in [1.165, 1.54) is 0 Å². The summed E-state index contributed by atoms with van der Waals surface area (Å²) in [7, 11) is 0. The number of aliphatic hydroxyl groups is 1. The molecule has 1 heterocycles. The van der Waals surface area contributed by atoms with Crippen LogP contribution in [0.2, 0.25) is 0 Å². The van der Waals surface area contributed by atoms with Gasteiger partial charge in [-0.2, -0.15) is 0 Å². The molecule has 2 aromatic rings. The topological polar surface area (TPSA) is 74.5 Å². The van der Waals surface area contributed by atoms with Gasteiger partial charge < -0.3 is 20.2 Å². The number of hydrogen-bond acceptors (Lipinski definition) is 3. The summed E-state index contributed by atoms with van der Waals surface area (Å²) >= 11 is 0. The number of carbonyl (C=O) groups is 1. The molecule has 0 radical (unpaired) electrons. The smallest absolute Gasteiger partial charge is 0.315 e. The fourth-order valence-electron chi connectivity index (χ4n) is 2.03. The van der Waals surface area contributed by atoms with Crippen LogP contribution in [0.3, 0.4) is 0 Å². The van der Waals surface area contributed by atoms with Crippen LogP contribution in [0, 0.1) is 0 Å². The van der Waals surface area contributed by atoms with E-state index in [0.717, 1.165) is 5.56 Å². The molecular weight excluding hydrogens is 268 g/mol. The maximum atomic E-state index is 11.7. The molecule has 2 rings (SSSR count). The monoisotopic (exact) mass is 288 g/mol. The summed E-state index contributed by atoms with van der Waals surface area (Å²) in [5, 5.41) is 15.3. The number of aliphatic hydroxyl groups excluding tert-OH is 1. The molecule has 112 valence electrons. The molecule has 1 aromatic heterocycles. The van der Waals surface area contributed by atoms with Crippen LogP contribution < -0.4 is 10.6 Å². The van der Waals surface area contributed by atoms with E-state index in [1.54, 1.807) is 18.4 Å². The van der Waals surface area contributed by atoms with Crippen molar-refractivity contribution in [2.45, 2.75) is 25.5 Å². The molecule has 0 spiro atoms. The van der Waals surface area contributed by atoms with Gasteiger partial charge in [0.2, 0.25) is 0 Å². The van der Waals surface area contributed by atoms with E-state index in [1.807, 2.05) is 37.3 Å². The van der Waals surface area contributed by atoms with Gasteiger partial charge in [-0.3, -0.25) is 0 Å². The highest BCUT2D eigenvalue weighted by Crippen LogP contribution is 2.11. The Morgan fingerprint density at radius 1 is 1.24 bits per heavy atom. The van der Waals surface area contributed by atoms with Crippen LogP contribution in [0.25, 0.3) is 0 Å². The average Bonchev–Trinajstić information content (AvgIpc) is 3.00. The minimum Gasteiger partial charge on any atom is -0.467 e. The Morgan fingerprint density at radius 2 is 2.00 bits per heavy atom. The Labute approximate surface area is 124 Å². The average molecular weight is 288 g/mol. The Morgan fingerprint density at radius 3 is 2.67 bits per heavy atom. The molecule has 2 amide bonds. The van der Waals surface area contributed by atoms with E-state index in [4.69, 9.17) is 4.42 Å². The van der Waals surface area contributed by atoms with Gasteiger partial charge in [0.25, 0.3) is 0 Å². The molecule has 0 fully saturated rings. The van der Waals surface area contributed by atoms with Crippen molar-refractivity contribution >= 4 is 6.03 Å². The van der Waals surface area contributed by atoms with Crippen molar-refractivity contribution in [1.82, 2.24) is 10.6 Å². The normalized spacial score (nSPS) is 13.4. The summed E-state index contributed by atoms with van der Waals surface area (Å²) in [4.78, 5) is 11.7. The van der Waals surface area contributed by atoms with Crippen LogP contribution in [0.4, 0.5) is 4.79 Å². The highest BCUT2D eigenvalue weighted by molar-refractivity contribution is 5.74. The molecule has 0 aliphatic heterocycles. The minimum absolute atomic E-state index is 0.200. The van der Waals surface area contributed by atoms with Crippen LogP contribution in [0.5, 0.6) is 0 Å². The fraction of sp³-hybridized carbons (Fsp3) is 0.312. The van der Waals surface area contributed by atoms with Crippen molar-refractivity contribution in [2.75, 3.05) is 6.54 Å². The summed E-state index contributed by atoms with van der Waals surface area (Å²) in [6.07, 6.45) is 1.46. The SMILES string of the molecule is CC(NC(=O)NCC(O)Cc1ccccc1)c1ccco1. The molecule has 2 atom stereocenters. The van der Waals surface area contributed by atoms with Gasteiger partial charge >= 0.3 is 6.03 Å². The molecule has 0 bridgehead atoms. The van der Waals surface area contributed by atoms with Gasteiger partial charge in [-0.05, 0) is 24.6 Å². The van der Waals surface area contributed by atoms with Crippen LogP contribution in [-0.4, -0.2) is 23.8 Å². The van der Waals surface area contributed by atoms with Crippen molar-refractivity contribution in [1.29, 1.82) is 0 Å². The number of benzene rings is 1. The summed E-state index contributed by atoms with van der Waals surface area (Å²) in [5.41, 5.74) is 1.04. The number of carbonyl (C=O) groups excluding carboxylic acids is 1. The second-order valence-corrected chi connectivity index (χ2v) is 4.94. The van der Waals surface area contributed by atoms with Crippen LogP contribution in [0.15, 0.2) is 53.1 Å². The second kappa shape index (κ2) is 7.50. The van der Waals surface area contributed by atoms with Gasteiger partial charge in [-0.1, -0.05) is 30.3 Å². The van der Waals surface area contributed by atoms with Crippen molar-refractivity contribution in [3.8, 4) is 0 Å². The molecule has 21 heavy (non-hydrogen) atoms. The third-order valence-corrected chi connectivity index (χ3v) is 3.13. The number of hydrogen-bond donors (Lipinski definition) is 3. The van der Waals surface area contributed by atoms with E-state index in [2.05, 4.69) is 10.6 Å². The zero-order valence-corrected chi connectivity index (χ0v) is 12.0. The van der Waals surface area contributed by atoms with Crippen molar-refractivity contribution in [3.05, 3.63) is 60.1 Å². The van der Waals surface area contributed by atoms with E-state index >= 15 is 0 Å². The lowest BCUT2D eigenvalue weighted by Gasteiger charge is -2.15. The van der Waals surface area contributed by atoms with Crippen LogP contribution >= 0.6 is 0 Å². The quantitative estimate of drug-likeness (QED) is 0.763. The Kier molecular flexibility index (Phi) is 5.40. The van der Waals surface area contributed by atoms with Gasteiger partial charge in [-0.25, -0.2) is 4.79 Å². The predicted octanol–water partition coefficient (Wildman–Crippen LogP) is 2.24. The minimum atomic E-state index is -0.614. The molecule has 3 N–H and O–H groups in total. The number of amides is 2. The van der Waals surface area contributed by atoms with Crippen LogP contribution in [0.1, 0.15) is 24.3 Å². The Bertz CT molecular complexity index is 540. The van der Waals surface area contributed by atoms with Crippen molar-refractivity contribution in [2.24, 2.45) is 0 Å². The zero-order chi connectivity index (χ0) is 15.1. The fourth-order valence-corrected chi connectivity index (χ4v) is 2.03. The molecule has 1 aromatic carbocycles. The van der Waals surface area contributed by atoms with E-state index in [0.29, 0.717) is 12.2 Å². The maximum Gasteiger partial charge on any atom is 0.315 e. The van der Waals surface area contributed by atoms with Crippen molar-refractivity contribution < 1.29 is 14.3 Å². The van der Waals surface area contributed by atoms with Crippen molar-refractivity contribution in [3.63, 3.8) is 0 Å². The number of nitrogens with one attached hydrogen (secondary N) is 2. The molecular formula is C16H20N2O3. The molecule has 0 saturated heterocycles. The predicted molar refractivity (Wildman–Crippen MR) is 79.8 cm³/mol. The summed E-state index contributed by atoms with van der Waals surface area (Å²) in [6.45, 7) is 2.03. The number of rotatable bonds is 6. The Balaban J connectivity index is 1.71. The van der Waals surface area contributed by atoms with Gasteiger partial charge in [0.15, 0.2) is 0 Å². The first-order valence-electron chi connectivity index (χ1n) is 6.95. The number of furan rings is 1. The van der Waals surface area contributed by atoms with Crippen LogP contribution in [-0.2, 0) is 6.42 Å². The molecule has 0 aliphatic rings. The lowest BCUT2D eigenvalue weighted by molar-refractivity contribution is 0.170. The van der Waals surface area contributed by atoms with E-state index in [9.17, 15) is 9.90 Å². The zero-order valence-electron chi connectivity index (χ0n) is 12.0. The van der Waals surface area contributed by atoms with Gasteiger partial charge in [0, 0.05) is 13.0 Å². The van der Waals surface area contributed by atoms with Gasteiger partial charge in [-0.15, -0.1) is 0 Å². The molecule has 0 saturated carbocycles. The third-order valence-electron chi connectivity index (χ3n) is 3.13. The third kappa shape index (κ3) is 4.96. The van der Waals surface area contributed by atoms with Gasteiger partial charge in [0.1, 0.15) is 5.76 Å². The lowest BCUT2D eigenvalue weighted by atomic mass is 10.1. The Hall–Kier alpha value is -2.27. The molecule has 5 nitrogen and oxygen atoms in total. The van der Waals surface area contributed by atoms with E-state index in [-0.39, 0.29) is 18.6 Å². The largest absolute Gasteiger partial charge is 0.467 e. The second-order valence-electron chi connectivity index (χ2n) is 4.94. The standard InChI is InChI=1S/C16H20N2O3/c1-12(15-8-5-9-21-15)18-16(20)17-11-14(19)10-13-6-3-2-4-7-13/h2-9,12,14,19H,10-11H2,1H3,(H2,17,18,20). The first kappa shape index (κ1) is 15.1. The summed E-state index contributed by atoms with van der Waals surface area (Å²) < 4.78 is 5.21. The molecule has 5 heteroatoms. The summed E-state index contributed by atoms with van der Waals surface area (Å²) in [6, 6.07) is 12.7. The first-order chi connectivity index (χ1) is 10.1. The maximum absolute atomic E-state index is 11.7. The highest BCUT2D eigenvalue weighted by Gasteiger charge is 2.12. The number of urea groups is 1. The first-order valence-corrected chi connectivity index (χ1v) is 6.95. The highest BCUT2D eigenvalue weighted by atomic mass is 16.3. The molecule has 0 aliphatic carbocycles. The van der Waals surface area contributed by atoms with E-state index < -0.39 is 6.10 Å².